The van der Waals surface area contributed by atoms with Crippen LogP contribution in [0.5, 0.6) is 0 Å². The van der Waals surface area contributed by atoms with Gasteiger partial charge >= 0.3 is 6.03 Å². The van der Waals surface area contributed by atoms with Gasteiger partial charge in [0.1, 0.15) is 24.5 Å². The van der Waals surface area contributed by atoms with Crippen molar-refractivity contribution >= 4 is 6.03 Å². The van der Waals surface area contributed by atoms with Gasteiger partial charge in [-0.3, -0.25) is 4.90 Å². The van der Waals surface area contributed by atoms with Crippen molar-refractivity contribution < 1.29 is 29.2 Å². The normalized spacial score (nSPS) is 40.7. The number of ether oxygens (including phenoxy) is 1. The number of aliphatic hydroxyl groups excluding tert-OH is 3. The summed E-state index contributed by atoms with van der Waals surface area (Å²) < 4.78 is 18.4. The van der Waals surface area contributed by atoms with Gasteiger partial charge in [-0.1, -0.05) is 0 Å². The Morgan fingerprint density at radius 1 is 1.50 bits per heavy atom. The average molecular weight is 263 g/mol. The van der Waals surface area contributed by atoms with Crippen molar-refractivity contribution in [1.82, 2.24) is 10.2 Å². The summed E-state index contributed by atoms with van der Waals surface area (Å²) in [4.78, 5) is 12.3. The number of hydrogen-bond donors (Lipinski definition) is 5. The maximum absolute atomic E-state index is 13.3. The summed E-state index contributed by atoms with van der Waals surface area (Å²) in [6.45, 7) is -0.532. The number of nitrogens with zero attached hydrogens (tertiary/aromatic N) is 1. The predicted octanol–water partition coefficient (Wildman–Crippen LogP) is -2.45. The monoisotopic (exact) mass is 263 g/mol. The van der Waals surface area contributed by atoms with Crippen molar-refractivity contribution in [2.24, 2.45) is 5.73 Å². The number of carbonyl (C=O) groups is 1. The van der Waals surface area contributed by atoms with Gasteiger partial charge in [0, 0.05) is 6.20 Å². The number of urea groups is 1. The van der Waals surface area contributed by atoms with E-state index in [0.717, 1.165) is 11.1 Å². The molecule has 0 aromatic heterocycles. The van der Waals surface area contributed by atoms with Crippen LogP contribution in [0.15, 0.2) is 12.0 Å². The van der Waals surface area contributed by atoms with Gasteiger partial charge in [-0.15, -0.1) is 0 Å². The fourth-order valence-corrected chi connectivity index (χ4v) is 1.85. The molecule has 2 heterocycles. The topological polar surface area (TPSA) is 128 Å². The number of halogens is 1. The molecule has 5 atom stereocenters. The molecule has 6 N–H and O–H groups in total. The first-order valence-electron chi connectivity index (χ1n) is 5.29. The molecule has 0 spiro atoms. The van der Waals surface area contributed by atoms with E-state index in [0.29, 0.717) is 0 Å². The molecular formula is C9H14FN3O5. The number of rotatable bonds is 2. The van der Waals surface area contributed by atoms with Crippen molar-refractivity contribution in [3.8, 4) is 0 Å². The van der Waals surface area contributed by atoms with Gasteiger partial charge in [-0.25, -0.2) is 9.18 Å². The Hall–Kier alpha value is -1.26. The molecule has 8 nitrogen and oxygen atoms in total. The fraction of sp³-hybridized carbons (Fsp3) is 0.667. The zero-order valence-electron chi connectivity index (χ0n) is 9.23. The van der Waals surface area contributed by atoms with E-state index in [1.54, 1.807) is 0 Å². The quantitative estimate of drug-likeness (QED) is 0.376. The van der Waals surface area contributed by atoms with Crippen molar-refractivity contribution in [3.63, 3.8) is 0 Å². The van der Waals surface area contributed by atoms with Crippen molar-refractivity contribution in [1.29, 1.82) is 0 Å². The molecule has 18 heavy (non-hydrogen) atoms. The van der Waals surface area contributed by atoms with Gasteiger partial charge in [-0.05, 0) is 0 Å². The Kier molecular flexibility index (Phi) is 3.50. The van der Waals surface area contributed by atoms with E-state index in [9.17, 15) is 19.4 Å². The Morgan fingerprint density at radius 2 is 2.17 bits per heavy atom. The molecule has 0 bridgehead atoms. The molecule has 2 unspecified atom stereocenters. The van der Waals surface area contributed by atoms with Crippen molar-refractivity contribution in [2.75, 3.05) is 6.61 Å². The third-order valence-corrected chi connectivity index (χ3v) is 2.86. The standard InChI is InChI=1S/C9H14FN3O5/c10-3-1-13(9(17)12-7(3)11)8-6(16)5(15)4(2-14)18-8/h1,4-8,14-16H,2,11H2,(H,12,17)/t4-,5-,6+,7?,8?/m1/s1. The maximum atomic E-state index is 13.3. The van der Waals surface area contributed by atoms with Crippen LogP contribution in [0, 0.1) is 0 Å². The van der Waals surface area contributed by atoms with Crippen molar-refractivity contribution in [3.05, 3.63) is 12.0 Å². The smallest absolute Gasteiger partial charge is 0.325 e. The maximum Gasteiger partial charge on any atom is 0.325 e. The Labute approximate surface area is 101 Å². The van der Waals surface area contributed by atoms with Crippen LogP contribution in [-0.2, 0) is 4.74 Å². The Bertz CT molecular complexity index is 379. The minimum Gasteiger partial charge on any atom is -0.394 e. The van der Waals surface area contributed by atoms with E-state index >= 15 is 0 Å². The summed E-state index contributed by atoms with van der Waals surface area (Å²) in [5.74, 6) is -0.813. The SMILES string of the molecule is NC1NC(=O)N(C2O[C@H](CO)[C@@H](O)[C@@H]2O)C=C1F. The van der Waals surface area contributed by atoms with Crippen LogP contribution < -0.4 is 11.1 Å². The van der Waals surface area contributed by atoms with Crippen LogP contribution in [0.3, 0.4) is 0 Å². The molecule has 0 aromatic rings. The molecule has 2 aliphatic heterocycles. The minimum atomic E-state index is -1.45. The summed E-state index contributed by atoms with van der Waals surface area (Å²) in [5, 5.41) is 30.2. The zero-order chi connectivity index (χ0) is 13.4. The van der Waals surface area contributed by atoms with Crippen LogP contribution >= 0.6 is 0 Å². The molecule has 0 radical (unpaired) electrons. The van der Waals surface area contributed by atoms with Gasteiger partial charge in [0.2, 0.25) is 0 Å². The second-order valence-corrected chi connectivity index (χ2v) is 4.08. The third kappa shape index (κ3) is 2.06. The highest BCUT2D eigenvalue weighted by molar-refractivity contribution is 5.77. The highest BCUT2D eigenvalue weighted by Gasteiger charge is 2.47. The van der Waals surface area contributed by atoms with Gasteiger partial charge in [0.15, 0.2) is 12.1 Å². The molecule has 0 aliphatic carbocycles. The summed E-state index contributed by atoms with van der Waals surface area (Å²) in [6.07, 6.45) is -5.58. The second-order valence-electron chi connectivity index (χ2n) is 4.08. The molecule has 2 amide bonds. The molecule has 2 rings (SSSR count). The lowest BCUT2D eigenvalue weighted by molar-refractivity contribution is -0.0671. The van der Waals surface area contributed by atoms with E-state index in [-0.39, 0.29) is 0 Å². The molecule has 0 aromatic carbocycles. The van der Waals surface area contributed by atoms with Crippen LogP contribution in [0.4, 0.5) is 9.18 Å². The molecule has 2 aliphatic rings. The van der Waals surface area contributed by atoms with Crippen molar-refractivity contribution in [2.45, 2.75) is 30.7 Å². The van der Waals surface area contributed by atoms with Crippen LogP contribution in [0.2, 0.25) is 0 Å². The van der Waals surface area contributed by atoms with Gasteiger partial charge in [0.05, 0.1) is 6.61 Å². The van der Waals surface area contributed by atoms with Gasteiger partial charge in [-0.2, -0.15) is 0 Å². The highest BCUT2D eigenvalue weighted by Crippen LogP contribution is 2.26. The minimum absolute atomic E-state index is 0.532. The first kappa shape index (κ1) is 13.2. The Balaban J connectivity index is 2.19. The molecule has 1 saturated heterocycles. The zero-order valence-corrected chi connectivity index (χ0v) is 9.23. The lowest BCUT2D eigenvalue weighted by Crippen LogP contribution is -2.56. The molecular weight excluding hydrogens is 249 g/mol. The largest absolute Gasteiger partial charge is 0.394 e. The first-order valence-corrected chi connectivity index (χ1v) is 5.29. The van der Waals surface area contributed by atoms with E-state index < -0.39 is 49.2 Å². The number of carbonyl (C=O) groups excluding carboxylic acids is 1. The van der Waals surface area contributed by atoms with Crippen LogP contribution in [-0.4, -0.2) is 63.6 Å². The summed E-state index contributed by atoms with van der Waals surface area (Å²) >= 11 is 0. The summed E-state index contributed by atoms with van der Waals surface area (Å²) in [6, 6.07) is -0.765. The number of aliphatic hydroxyl groups is 3. The highest BCUT2D eigenvalue weighted by atomic mass is 19.1. The number of nitrogens with two attached hydrogens (primary N) is 1. The predicted molar refractivity (Wildman–Crippen MR) is 55.3 cm³/mol. The van der Waals surface area contributed by atoms with Gasteiger partial charge < -0.3 is 31.1 Å². The number of hydrogen-bond acceptors (Lipinski definition) is 6. The summed E-state index contributed by atoms with van der Waals surface area (Å²) in [5.41, 5.74) is 5.25. The fourth-order valence-electron chi connectivity index (χ4n) is 1.85. The number of nitrogens with one attached hydrogen (secondary N) is 1. The van der Waals surface area contributed by atoms with Crippen LogP contribution in [0.1, 0.15) is 0 Å². The average Bonchev–Trinajstić information content (AvgIpc) is 2.61. The third-order valence-electron chi connectivity index (χ3n) is 2.86. The molecule has 0 saturated carbocycles. The first-order chi connectivity index (χ1) is 8.45. The lowest BCUT2D eigenvalue weighted by atomic mass is 10.1. The van der Waals surface area contributed by atoms with E-state index in [2.05, 4.69) is 5.32 Å². The van der Waals surface area contributed by atoms with E-state index in [4.69, 9.17) is 15.6 Å². The lowest BCUT2D eigenvalue weighted by Gasteiger charge is -2.32. The molecule has 1 fully saturated rings. The number of amides is 2. The summed E-state index contributed by atoms with van der Waals surface area (Å²) in [7, 11) is 0. The van der Waals surface area contributed by atoms with Crippen LogP contribution in [0.25, 0.3) is 0 Å². The second kappa shape index (κ2) is 4.78. The Morgan fingerprint density at radius 3 is 2.72 bits per heavy atom. The molecule has 9 heteroatoms. The van der Waals surface area contributed by atoms with Gasteiger partial charge in [0.25, 0.3) is 0 Å². The van der Waals surface area contributed by atoms with E-state index in [1.807, 2.05) is 0 Å². The van der Waals surface area contributed by atoms with E-state index in [1.165, 1.54) is 0 Å². The molecule has 102 valence electrons.